The van der Waals surface area contributed by atoms with E-state index in [1.807, 2.05) is 0 Å². The highest BCUT2D eigenvalue weighted by Gasteiger charge is 2.89. The Hall–Kier alpha value is -2.12. The molecular weight excluding hydrogens is 752 g/mol. The smallest absolute Gasteiger partial charge is 0.245 e. The van der Waals surface area contributed by atoms with Gasteiger partial charge in [-0.2, -0.15) is 105 Å². The minimum atomic E-state index is -8.47. The molecule has 45 heavy (non-hydrogen) atoms. The van der Waals surface area contributed by atoms with Crippen molar-refractivity contribution in [3.8, 4) is 0 Å². The molecule has 0 aliphatic heterocycles. The topological polar surface area (TPSA) is 36.9 Å². The van der Waals surface area contributed by atoms with Gasteiger partial charge in [-0.05, 0) is 0 Å². The van der Waals surface area contributed by atoms with Crippen LogP contribution in [0.5, 0.6) is 0 Å². The molecule has 0 bridgehead atoms. The summed E-state index contributed by atoms with van der Waals surface area (Å²) in [5.74, 6) is 0. The van der Waals surface area contributed by atoms with E-state index in [2.05, 4.69) is 0 Å². The van der Waals surface area contributed by atoms with Crippen molar-refractivity contribution in [2.45, 2.75) is 79.0 Å². The summed E-state index contributed by atoms with van der Waals surface area (Å²) in [4.78, 5) is 0. The molecule has 0 N–H and O–H groups in total. The molecule has 4 nitrogen and oxygen atoms in total. The van der Waals surface area contributed by atoms with Crippen molar-refractivity contribution >= 4 is 0 Å². The summed E-state index contributed by atoms with van der Waals surface area (Å²) in [6, 6.07) is 0. The second kappa shape index (κ2) is 11.0. The highest BCUT2D eigenvalue weighted by atomic mass is 19.4. The lowest BCUT2D eigenvalue weighted by Gasteiger charge is -2.39. The second-order valence-corrected chi connectivity index (χ2v) is 7.28. The van der Waals surface area contributed by atoms with Gasteiger partial charge in [0, 0.05) is 0 Å². The fourth-order valence-electron chi connectivity index (χ4n) is 2.00. The molecule has 0 spiro atoms. The van der Waals surface area contributed by atoms with Crippen LogP contribution >= 0.6 is 0 Å². The third-order valence-corrected chi connectivity index (χ3v) is 4.05. The lowest BCUT2D eigenvalue weighted by atomic mass is 10.0. The Morgan fingerprint density at radius 1 is 0.200 bits per heavy atom. The molecule has 0 radical (unpaired) electrons. The summed E-state index contributed by atoms with van der Waals surface area (Å²) in [5.41, 5.74) is -16.9. The number of alkyl halides is 28. The van der Waals surface area contributed by atoms with Crippen molar-refractivity contribution in [1.82, 2.24) is 0 Å². The van der Waals surface area contributed by atoms with Crippen LogP contribution in [-0.4, -0.2) is 79.0 Å². The standard InChI is InChI=1S/C13F28O4/c14-1(3(16,17)18,4(19,20)21)7(28,29)42-9(32,33)11(36,37)44-13(40,41)45-12(38,39)10(34,35)43-8(30,31)2(15,5(22,23)24)6(25,26)27. The summed E-state index contributed by atoms with van der Waals surface area (Å²) in [5, 5.41) is 0. The Morgan fingerprint density at radius 2 is 0.356 bits per heavy atom. The van der Waals surface area contributed by atoms with E-state index in [-0.39, 0.29) is 0 Å². The van der Waals surface area contributed by atoms with Gasteiger partial charge in [0.15, 0.2) is 0 Å². The van der Waals surface area contributed by atoms with Crippen LogP contribution < -0.4 is 0 Å². The minimum Gasteiger partial charge on any atom is -0.245 e. The van der Waals surface area contributed by atoms with E-state index in [0.717, 1.165) is 18.9 Å². The molecule has 0 aliphatic rings. The summed E-state index contributed by atoms with van der Waals surface area (Å²) in [7, 11) is 0. The Kier molecular flexibility index (Phi) is 10.5. The fraction of sp³-hybridized carbons (Fsp3) is 1.00. The molecule has 0 unspecified atom stereocenters. The van der Waals surface area contributed by atoms with Gasteiger partial charge in [0.1, 0.15) is 0 Å². The van der Waals surface area contributed by atoms with Crippen LogP contribution in [0.25, 0.3) is 0 Å². The zero-order valence-electron chi connectivity index (χ0n) is 18.7. The average Bonchev–Trinajstić information content (AvgIpc) is 2.65. The molecule has 0 aromatic carbocycles. The van der Waals surface area contributed by atoms with Crippen molar-refractivity contribution in [2.75, 3.05) is 0 Å². The Balaban J connectivity index is 6.48. The molecule has 0 saturated heterocycles. The molecule has 0 heterocycles. The number of halogens is 28. The largest absolute Gasteiger partial charge is 0.495 e. The average molecular weight is 752 g/mol. The van der Waals surface area contributed by atoms with E-state index in [9.17, 15) is 123 Å². The first-order valence-electron chi connectivity index (χ1n) is 8.92. The van der Waals surface area contributed by atoms with Crippen molar-refractivity contribution < 1.29 is 142 Å². The summed E-state index contributed by atoms with van der Waals surface area (Å²) >= 11 is 0. The highest BCUT2D eigenvalue weighted by molar-refractivity contribution is 5.03. The van der Waals surface area contributed by atoms with Crippen molar-refractivity contribution in [3.05, 3.63) is 0 Å². The van der Waals surface area contributed by atoms with Crippen LogP contribution in [0.15, 0.2) is 0 Å². The monoisotopic (exact) mass is 752 g/mol. The molecule has 32 heteroatoms. The van der Waals surface area contributed by atoms with E-state index < -0.39 is 79.0 Å². The molecule has 0 aromatic rings. The first kappa shape index (κ1) is 42.9. The van der Waals surface area contributed by atoms with E-state index in [4.69, 9.17) is 0 Å². The predicted molar refractivity (Wildman–Crippen MR) is 70.9 cm³/mol. The van der Waals surface area contributed by atoms with Crippen LogP contribution in [0.3, 0.4) is 0 Å². The second-order valence-electron chi connectivity index (χ2n) is 7.28. The van der Waals surface area contributed by atoms with Gasteiger partial charge < -0.3 is 0 Å². The van der Waals surface area contributed by atoms with Crippen molar-refractivity contribution in [1.29, 1.82) is 0 Å². The van der Waals surface area contributed by atoms with Crippen LogP contribution in [0.1, 0.15) is 0 Å². The molecular formula is C13F28O4. The summed E-state index contributed by atoms with van der Waals surface area (Å²) in [6.45, 7) is 0. The molecule has 0 aromatic heterocycles. The molecule has 0 amide bonds. The fourth-order valence-corrected chi connectivity index (χ4v) is 2.00. The van der Waals surface area contributed by atoms with Crippen LogP contribution in [0, 0.1) is 0 Å². The van der Waals surface area contributed by atoms with Crippen LogP contribution in [0.2, 0.25) is 0 Å². The SMILES string of the molecule is FC(F)(OC(F)(F)C(F)(F)OC(F)(F)C(F)(C(F)(F)F)C(F)(F)F)OC(F)(F)C(F)(F)OC(F)(F)C(F)(C(F)(F)F)C(F)(F)F. The van der Waals surface area contributed by atoms with E-state index >= 15 is 0 Å². The van der Waals surface area contributed by atoms with E-state index in [1.165, 1.54) is 0 Å². The number of hydrogen-bond donors (Lipinski definition) is 0. The van der Waals surface area contributed by atoms with Gasteiger partial charge >= 0.3 is 79.0 Å². The van der Waals surface area contributed by atoms with Gasteiger partial charge in [0.05, 0.1) is 0 Å². The Morgan fingerprint density at radius 3 is 0.511 bits per heavy atom. The molecule has 0 aliphatic carbocycles. The number of hydrogen-bond acceptors (Lipinski definition) is 4. The van der Waals surface area contributed by atoms with Crippen molar-refractivity contribution in [3.63, 3.8) is 0 Å². The van der Waals surface area contributed by atoms with Crippen LogP contribution in [0.4, 0.5) is 123 Å². The maximum atomic E-state index is 13.2. The molecule has 272 valence electrons. The summed E-state index contributed by atoms with van der Waals surface area (Å²) < 4.78 is 362. The third-order valence-electron chi connectivity index (χ3n) is 4.05. The van der Waals surface area contributed by atoms with Crippen LogP contribution in [-0.2, 0) is 18.9 Å². The van der Waals surface area contributed by atoms with Gasteiger partial charge in [-0.15, -0.1) is 8.78 Å². The molecule has 0 rings (SSSR count). The predicted octanol–water partition coefficient (Wildman–Crippen LogP) is 8.83. The van der Waals surface area contributed by atoms with E-state index in [1.54, 1.807) is 0 Å². The Bertz CT molecular complexity index is 921. The van der Waals surface area contributed by atoms with Gasteiger partial charge in [-0.25, -0.2) is 27.7 Å². The van der Waals surface area contributed by atoms with Gasteiger partial charge in [0.25, 0.3) is 0 Å². The van der Waals surface area contributed by atoms with Gasteiger partial charge in [0.2, 0.25) is 0 Å². The first-order chi connectivity index (χ1) is 18.8. The minimum absolute atomic E-state index is 0.959. The zero-order chi connectivity index (χ0) is 37.3. The quantitative estimate of drug-likeness (QED) is 0.148. The lowest BCUT2D eigenvalue weighted by molar-refractivity contribution is -0.600. The Labute approximate surface area is 222 Å². The molecule has 0 atom stereocenters. The van der Waals surface area contributed by atoms with E-state index in [0.29, 0.717) is 0 Å². The molecule has 0 saturated carbocycles. The maximum absolute atomic E-state index is 13.2. The normalized spacial score (nSPS) is 16.8. The lowest BCUT2D eigenvalue weighted by Crippen LogP contribution is -2.68. The maximum Gasteiger partial charge on any atom is 0.495 e. The van der Waals surface area contributed by atoms with Crippen molar-refractivity contribution in [2.24, 2.45) is 0 Å². The summed E-state index contributed by atoms with van der Waals surface area (Å²) in [6.07, 6.45) is -90.6. The highest BCUT2D eigenvalue weighted by Crippen LogP contribution is 2.59. The number of rotatable bonds is 12. The zero-order valence-corrected chi connectivity index (χ0v) is 18.7. The first-order valence-corrected chi connectivity index (χ1v) is 8.92. The van der Waals surface area contributed by atoms with Gasteiger partial charge in [-0.1, -0.05) is 0 Å². The number of ether oxygens (including phenoxy) is 4. The van der Waals surface area contributed by atoms with Gasteiger partial charge in [-0.3, -0.25) is 0 Å². The molecule has 0 fully saturated rings. The third kappa shape index (κ3) is 7.56.